The van der Waals surface area contributed by atoms with E-state index in [1.54, 1.807) is 12.1 Å². The third-order valence-electron chi connectivity index (χ3n) is 3.05. The first-order chi connectivity index (χ1) is 9.56. The number of nitrogens with zero attached hydrogens (tertiary/aromatic N) is 1. The van der Waals surface area contributed by atoms with E-state index in [9.17, 15) is 8.78 Å². The molecule has 0 spiro atoms. The summed E-state index contributed by atoms with van der Waals surface area (Å²) in [5.41, 5.74) is 7.57. The highest BCUT2D eigenvalue weighted by Gasteiger charge is 2.15. The molecule has 0 aliphatic carbocycles. The lowest BCUT2D eigenvalue weighted by molar-refractivity contribution is 0.387. The second-order valence-electron chi connectivity index (χ2n) is 4.27. The van der Waals surface area contributed by atoms with Gasteiger partial charge in [-0.2, -0.15) is 0 Å². The zero-order valence-corrected chi connectivity index (χ0v) is 11.4. The van der Waals surface area contributed by atoms with Gasteiger partial charge in [0.2, 0.25) is 0 Å². The van der Waals surface area contributed by atoms with Crippen molar-refractivity contribution in [1.29, 1.82) is 0 Å². The number of nitrogen functional groups attached to an aromatic ring is 1. The number of halogens is 2. The van der Waals surface area contributed by atoms with Crippen LogP contribution >= 0.6 is 0 Å². The molecular formula is C15H16F2N2O. The minimum absolute atomic E-state index is 0.120. The van der Waals surface area contributed by atoms with Crippen molar-refractivity contribution < 1.29 is 13.5 Å². The zero-order valence-electron chi connectivity index (χ0n) is 11.4. The monoisotopic (exact) mass is 278 g/mol. The van der Waals surface area contributed by atoms with E-state index in [0.29, 0.717) is 17.9 Å². The van der Waals surface area contributed by atoms with Crippen LogP contribution in [0.5, 0.6) is 5.75 Å². The summed E-state index contributed by atoms with van der Waals surface area (Å²) in [6, 6.07) is 8.80. The standard InChI is InChI=1S/C15H16F2N2O/c1-3-19(11-6-4-10(16)5-7-11)14-9-15(20-2)12(17)8-13(14)18/h4-9H,3,18H2,1-2H3. The molecule has 0 aliphatic heterocycles. The fourth-order valence-electron chi connectivity index (χ4n) is 2.06. The maximum absolute atomic E-state index is 13.6. The molecule has 0 bridgehead atoms. The Kier molecular flexibility index (Phi) is 4.08. The van der Waals surface area contributed by atoms with Crippen molar-refractivity contribution in [2.24, 2.45) is 0 Å². The van der Waals surface area contributed by atoms with Crippen molar-refractivity contribution in [2.45, 2.75) is 6.92 Å². The van der Waals surface area contributed by atoms with E-state index in [2.05, 4.69) is 0 Å². The Bertz CT molecular complexity index is 600. The van der Waals surface area contributed by atoms with E-state index in [1.807, 2.05) is 11.8 Å². The molecule has 0 aliphatic rings. The Hall–Kier alpha value is -2.30. The molecule has 0 radical (unpaired) electrons. The Morgan fingerprint density at radius 3 is 2.35 bits per heavy atom. The summed E-state index contributed by atoms with van der Waals surface area (Å²) in [5.74, 6) is -0.701. The first-order valence-electron chi connectivity index (χ1n) is 6.23. The van der Waals surface area contributed by atoms with Crippen LogP contribution < -0.4 is 15.4 Å². The molecule has 0 aromatic heterocycles. The van der Waals surface area contributed by atoms with Crippen molar-refractivity contribution in [2.75, 3.05) is 24.3 Å². The van der Waals surface area contributed by atoms with E-state index < -0.39 is 5.82 Å². The quantitative estimate of drug-likeness (QED) is 0.866. The molecule has 20 heavy (non-hydrogen) atoms. The topological polar surface area (TPSA) is 38.5 Å². The average molecular weight is 278 g/mol. The molecule has 5 heteroatoms. The van der Waals surface area contributed by atoms with Gasteiger partial charge in [-0.1, -0.05) is 0 Å². The van der Waals surface area contributed by atoms with Crippen LogP contribution in [0.15, 0.2) is 36.4 Å². The van der Waals surface area contributed by atoms with Gasteiger partial charge in [0.1, 0.15) is 5.82 Å². The summed E-state index contributed by atoms with van der Waals surface area (Å²) < 4.78 is 31.5. The van der Waals surface area contributed by atoms with E-state index in [4.69, 9.17) is 10.5 Å². The predicted octanol–water partition coefficient (Wildman–Crippen LogP) is 3.71. The maximum atomic E-state index is 13.6. The lowest BCUT2D eigenvalue weighted by Crippen LogP contribution is -2.17. The Balaban J connectivity index is 2.48. The van der Waals surface area contributed by atoms with E-state index in [-0.39, 0.29) is 11.6 Å². The molecule has 106 valence electrons. The first kappa shape index (κ1) is 14.1. The molecule has 0 heterocycles. The van der Waals surface area contributed by atoms with Crippen LogP contribution in [0.25, 0.3) is 0 Å². The second kappa shape index (κ2) is 5.77. The van der Waals surface area contributed by atoms with Crippen LogP contribution in [0.1, 0.15) is 6.92 Å². The number of anilines is 3. The van der Waals surface area contributed by atoms with Gasteiger partial charge in [0.05, 0.1) is 18.5 Å². The first-order valence-corrected chi connectivity index (χ1v) is 6.23. The zero-order chi connectivity index (χ0) is 14.7. The van der Waals surface area contributed by atoms with Crippen molar-refractivity contribution in [3.8, 4) is 5.75 Å². The van der Waals surface area contributed by atoms with Gasteiger partial charge in [0.25, 0.3) is 0 Å². The van der Waals surface area contributed by atoms with Crippen LogP contribution in [0, 0.1) is 11.6 Å². The van der Waals surface area contributed by atoms with Crippen LogP contribution in [-0.4, -0.2) is 13.7 Å². The lowest BCUT2D eigenvalue weighted by atomic mass is 10.2. The normalized spacial score (nSPS) is 10.4. The van der Waals surface area contributed by atoms with Crippen molar-refractivity contribution in [3.05, 3.63) is 48.0 Å². The van der Waals surface area contributed by atoms with Gasteiger partial charge in [-0.3, -0.25) is 0 Å². The fraction of sp³-hybridized carbons (Fsp3) is 0.200. The van der Waals surface area contributed by atoms with Gasteiger partial charge in [-0.05, 0) is 31.2 Å². The summed E-state index contributed by atoms with van der Waals surface area (Å²) >= 11 is 0. The minimum atomic E-state index is -0.510. The number of hydrogen-bond donors (Lipinski definition) is 1. The predicted molar refractivity (Wildman–Crippen MR) is 76.4 cm³/mol. The van der Waals surface area contributed by atoms with Crippen molar-refractivity contribution in [3.63, 3.8) is 0 Å². The van der Waals surface area contributed by atoms with E-state index in [0.717, 1.165) is 5.69 Å². The summed E-state index contributed by atoms with van der Waals surface area (Å²) in [6.45, 7) is 2.53. The van der Waals surface area contributed by atoms with Gasteiger partial charge in [-0.15, -0.1) is 0 Å². The number of ether oxygens (including phenoxy) is 1. The molecule has 2 aromatic carbocycles. The molecule has 0 saturated carbocycles. The third-order valence-corrected chi connectivity index (χ3v) is 3.05. The molecule has 3 nitrogen and oxygen atoms in total. The molecule has 2 N–H and O–H groups in total. The van der Waals surface area contributed by atoms with Crippen LogP contribution in [0.4, 0.5) is 25.8 Å². The summed E-state index contributed by atoms with van der Waals surface area (Å²) in [5, 5.41) is 0. The summed E-state index contributed by atoms with van der Waals surface area (Å²) in [6.07, 6.45) is 0. The summed E-state index contributed by atoms with van der Waals surface area (Å²) in [7, 11) is 1.40. The molecule has 2 rings (SSSR count). The summed E-state index contributed by atoms with van der Waals surface area (Å²) in [4.78, 5) is 1.86. The van der Waals surface area contributed by atoms with Gasteiger partial charge in [0.15, 0.2) is 11.6 Å². The third kappa shape index (κ3) is 2.66. The van der Waals surface area contributed by atoms with Gasteiger partial charge < -0.3 is 15.4 Å². The molecule has 0 saturated heterocycles. The fourth-order valence-corrected chi connectivity index (χ4v) is 2.06. The molecule has 0 unspecified atom stereocenters. The minimum Gasteiger partial charge on any atom is -0.494 e. The van der Waals surface area contributed by atoms with Gasteiger partial charge in [-0.25, -0.2) is 8.78 Å². The molecule has 2 aromatic rings. The Morgan fingerprint density at radius 1 is 1.15 bits per heavy atom. The molecule has 0 atom stereocenters. The maximum Gasteiger partial charge on any atom is 0.167 e. The van der Waals surface area contributed by atoms with Crippen molar-refractivity contribution in [1.82, 2.24) is 0 Å². The number of methoxy groups -OCH3 is 1. The van der Waals surface area contributed by atoms with Crippen molar-refractivity contribution >= 4 is 17.1 Å². The molecular weight excluding hydrogens is 262 g/mol. The number of hydrogen-bond acceptors (Lipinski definition) is 3. The highest BCUT2D eigenvalue weighted by Crippen LogP contribution is 2.35. The SMILES string of the molecule is CCN(c1ccc(F)cc1)c1cc(OC)c(F)cc1N. The lowest BCUT2D eigenvalue weighted by Gasteiger charge is -2.25. The van der Waals surface area contributed by atoms with E-state index >= 15 is 0 Å². The van der Waals surface area contributed by atoms with E-state index in [1.165, 1.54) is 31.4 Å². The van der Waals surface area contributed by atoms with Crippen LogP contribution in [0.2, 0.25) is 0 Å². The highest BCUT2D eigenvalue weighted by atomic mass is 19.1. The second-order valence-corrected chi connectivity index (χ2v) is 4.27. The number of benzene rings is 2. The van der Waals surface area contributed by atoms with Crippen LogP contribution in [-0.2, 0) is 0 Å². The largest absolute Gasteiger partial charge is 0.494 e. The average Bonchev–Trinajstić information content (AvgIpc) is 2.43. The molecule has 0 amide bonds. The van der Waals surface area contributed by atoms with Gasteiger partial charge in [0, 0.05) is 24.4 Å². The van der Waals surface area contributed by atoms with Gasteiger partial charge >= 0.3 is 0 Å². The Labute approximate surface area is 116 Å². The molecule has 0 fully saturated rings. The smallest absolute Gasteiger partial charge is 0.167 e. The van der Waals surface area contributed by atoms with Crippen LogP contribution in [0.3, 0.4) is 0 Å². The Morgan fingerprint density at radius 2 is 1.80 bits per heavy atom. The number of nitrogens with two attached hydrogens (primary N) is 1. The highest BCUT2D eigenvalue weighted by molar-refractivity contribution is 5.76. The number of rotatable bonds is 4.